The summed E-state index contributed by atoms with van der Waals surface area (Å²) in [6.07, 6.45) is 0. The average molecular weight is 367 g/mol. The van der Waals surface area contributed by atoms with Gasteiger partial charge in [0.1, 0.15) is 23.1 Å². The summed E-state index contributed by atoms with van der Waals surface area (Å²) in [4.78, 5) is 23.8. The largest absolute Gasteiger partial charge is 0.325 e. The van der Waals surface area contributed by atoms with Crippen molar-refractivity contribution in [3.05, 3.63) is 65.2 Å². The molecule has 0 spiro atoms. The molecule has 5 nitrogen and oxygen atoms in total. The molecule has 0 fully saturated rings. The van der Waals surface area contributed by atoms with E-state index in [4.69, 9.17) is 0 Å². The van der Waals surface area contributed by atoms with Crippen LogP contribution in [0.4, 0.5) is 14.5 Å². The molecule has 0 radical (unpaired) electrons. The Morgan fingerprint density at radius 3 is 2.24 bits per heavy atom. The molecule has 0 aromatic heterocycles. The van der Waals surface area contributed by atoms with Crippen molar-refractivity contribution in [3.8, 4) is 0 Å². The van der Waals surface area contributed by atoms with E-state index >= 15 is 0 Å². The summed E-state index contributed by atoms with van der Waals surface area (Å²) in [5.74, 6) is -4.32. The minimum absolute atomic E-state index is 0.0569. The number of sulfone groups is 1. The van der Waals surface area contributed by atoms with E-state index in [-0.39, 0.29) is 16.8 Å². The Kier molecular flexibility index (Phi) is 5.63. The smallest absolute Gasteiger partial charge is 0.239 e. The van der Waals surface area contributed by atoms with Gasteiger partial charge in [-0.25, -0.2) is 17.2 Å². The Bertz CT molecular complexity index is 909. The number of aryl methyl sites for hydroxylation is 1. The quantitative estimate of drug-likeness (QED) is 0.796. The van der Waals surface area contributed by atoms with Gasteiger partial charge >= 0.3 is 0 Å². The van der Waals surface area contributed by atoms with Crippen LogP contribution in [-0.2, 0) is 14.6 Å². The first-order chi connectivity index (χ1) is 11.7. The second-order valence-electron chi connectivity index (χ2n) is 5.47. The Balaban J connectivity index is 2.00. The number of carbonyl (C=O) groups is 2. The Morgan fingerprint density at radius 2 is 1.64 bits per heavy atom. The number of halogens is 2. The predicted octanol–water partition coefficient (Wildman–Crippen LogP) is 2.51. The molecule has 0 unspecified atom stereocenters. The number of carbonyl (C=O) groups excluding carboxylic acids is 2. The summed E-state index contributed by atoms with van der Waals surface area (Å²) in [5, 5.41) is 2.31. The van der Waals surface area contributed by atoms with Gasteiger partial charge in [-0.15, -0.1) is 0 Å². The van der Waals surface area contributed by atoms with Crippen LogP contribution < -0.4 is 5.32 Å². The van der Waals surface area contributed by atoms with Gasteiger partial charge in [0.2, 0.25) is 5.91 Å². The van der Waals surface area contributed by atoms with Crippen LogP contribution in [0.1, 0.15) is 15.9 Å². The molecule has 2 rings (SSSR count). The van der Waals surface area contributed by atoms with Crippen molar-refractivity contribution >= 4 is 27.2 Å². The molecule has 1 N–H and O–H groups in total. The lowest BCUT2D eigenvalue weighted by Crippen LogP contribution is -2.27. The van der Waals surface area contributed by atoms with Crippen LogP contribution in [0.2, 0.25) is 0 Å². The van der Waals surface area contributed by atoms with E-state index in [1.807, 2.05) is 0 Å². The topological polar surface area (TPSA) is 80.3 Å². The number of Topliss-reactive ketones (excluding diaryl/α,β-unsaturated/α-hetero) is 1. The molecule has 0 atom stereocenters. The van der Waals surface area contributed by atoms with Crippen molar-refractivity contribution in [2.45, 2.75) is 6.92 Å². The van der Waals surface area contributed by atoms with Gasteiger partial charge in [0, 0.05) is 11.3 Å². The van der Waals surface area contributed by atoms with Crippen molar-refractivity contribution in [1.82, 2.24) is 0 Å². The first-order valence-electron chi connectivity index (χ1n) is 7.21. The molecular weight excluding hydrogens is 352 g/mol. The highest BCUT2D eigenvalue weighted by atomic mass is 32.2. The Hall–Kier alpha value is -2.61. The number of nitrogens with one attached hydrogen (secondary N) is 1. The maximum Gasteiger partial charge on any atom is 0.239 e. The van der Waals surface area contributed by atoms with Crippen LogP contribution in [-0.4, -0.2) is 31.6 Å². The average Bonchev–Trinajstić information content (AvgIpc) is 2.51. The van der Waals surface area contributed by atoms with E-state index in [2.05, 4.69) is 5.32 Å². The van der Waals surface area contributed by atoms with Gasteiger partial charge in [-0.05, 0) is 55.0 Å². The molecule has 132 valence electrons. The summed E-state index contributed by atoms with van der Waals surface area (Å²) in [7, 11) is -4.01. The summed E-state index contributed by atoms with van der Waals surface area (Å²) in [5.41, 5.74) is 0.515. The van der Waals surface area contributed by atoms with Crippen LogP contribution in [0.25, 0.3) is 0 Å². The highest BCUT2D eigenvalue weighted by Gasteiger charge is 2.22. The zero-order chi connectivity index (χ0) is 18.6. The molecule has 2 aromatic rings. The van der Waals surface area contributed by atoms with Crippen LogP contribution >= 0.6 is 0 Å². The number of anilines is 1. The van der Waals surface area contributed by atoms with Crippen LogP contribution in [0.5, 0.6) is 0 Å². The summed E-state index contributed by atoms with van der Waals surface area (Å²) in [6, 6.07) is 8.33. The molecule has 2 aromatic carbocycles. The molecule has 0 saturated carbocycles. The minimum atomic E-state index is -4.01. The van der Waals surface area contributed by atoms with E-state index in [1.165, 1.54) is 31.2 Å². The number of ketones is 1. The van der Waals surface area contributed by atoms with Crippen molar-refractivity contribution in [2.24, 2.45) is 0 Å². The predicted molar refractivity (Wildman–Crippen MR) is 89.2 cm³/mol. The molecule has 0 aliphatic heterocycles. The number of hydrogen-bond acceptors (Lipinski definition) is 4. The highest BCUT2D eigenvalue weighted by molar-refractivity contribution is 7.92. The van der Waals surface area contributed by atoms with Crippen LogP contribution in [0.15, 0.2) is 42.5 Å². The lowest BCUT2D eigenvalue weighted by Gasteiger charge is -2.07. The van der Waals surface area contributed by atoms with E-state index in [9.17, 15) is 26.8 Å². The fourth-order valence-corrected chi connectivity index (χ4v) is 3.22. The standard InChI is InChI=1S/C17H15F2NO4S/c1-11-8-12(2-7-15(11)19)16(21)9-25(23,24)10-17(22)20-14-5-3-13(18)4-6-14/h2-8H,9-10H2,1H3,(H,20,22). The van der Waals surface area contributed by atoms with Crippen molar-refractivity contribution in [3.63, 3.8) is 0 Å². The normalized spacial score (nSPS) is 11.2. The second kappa shape index (κ2) is 7.52. The van der Waals surface area contributed by atoms with Gasteiger partial charge < -0.3 is 5.32 Å². The van der Waals surface area contributed by atoms with E-state index in [0.717, 1.165) is 18.2 Å². The van der Waals surface area contributed by atoms with Crippen LogP contribution in [0.3, 0.4) is 0 Å². The molecule has 25 heavy (non-hydrogen) atoms. The monoisotopic (exact) mass is 367 g/mol. The van der Waals surface area contributed by atoms with E-state index in [1.54, 1.807) is 0 Å². The van der Waals surface area contributed by atoms with Gasteiger partial charge in [0.05, 0.1) is 0 Å². The van der Waals surface area contributed by atoms with Crippen molar-refractivity contribution in [2.75, 3.05) is 16.8 Å². The fourth-order valence-electron chi connectivity index (χ4n) is 2.08. The number of benzene rings is 2. The molecule has 0 heterocycles. The van der Waals surface area contributed by atoms with Crippen molar-refractivity contribution in [1.29, 1.82) is 0 Å². The maximum atomic E-state index is 13.2. The number of rotatable bonds is 6. The lowest BCUT2D eigenvalue weighted by molar-refractivity contribution is -0.113. The summed E-state index contributed by atoms with van der Waals surface area (Å²) < 4.78 is 50.0. The zero-order valence-corrected chi connectivity index (χ0v) is 14.1. The third-order valence-electron chi connectivity index (χ3n) is 3.31. The number of amides is 1. The molecule has 0 aliphatic rings. The van der Waals surface area contributed by atoms with Gasteiger partial charge in [-0.3, -0.25) is 9.59 Å². The molecule has 0 bridgehead atoms. The first-order valence-corrected chi connectivity index (χ1v) is 9.03. The summed E-state index contributed by atoms with van der Waals surface area (Å²) >= 11 is 0. The van der Waals surface area contributed by atoms with E-state index in [0.29, 0.717) is 0 Å². The molecule has 0 aliphatic carbocycles. The third kappa shape index (κ3) is 5.46. The van der Waals surface area contributed by atoms with Gasteiger partial charge in [0.25, 0.3) is 0 Å². The third-order valence-corrected chi connectivity index (χ3v) is 4.71. The Morgan fingerprint density at radius 1 is 1.00 bits per heavy atom. The van der Waals surface area contributed by atoms with Gasteiger partial charge in [0.15, 0.2) is 15.6 Å². The highest BCUT2D eigenvalue weighted by Crippen LogP contribution is 2.12. The molecular formula is C17H15F2NO4S. The van der Waals surface area contributed by atoms with Gasteiger partial charge in [-0.2, -0.15) is 0 Å². The fraction of sp³-hybridized carbons (Fsp3) is 0.176. The van der Waals surface area contributed by atoms with Crippen molar-refractivity contribution < 1.29 is 26.8 Å². The lowest BCUT2D eigenvalue weighted by atomic mass is 10.1. The maximum absolute atomic E-state index is 13.2. The summed E-state index contributed by atoms with van der Waals surface area (Å²) in [6.45, 7) is 1.46. The molecule has 8 heteroatoms. The molecule has 0 saturated heterocycles. The second-order valence-corrected chi connectivity index (χ2v) is 7.54. The zero-order valence-electron chi connectivity index (χ0n) is 13.3. The van der Waals surface area contributed by atoms with Gasteiger partial charge in [-0.1, -0.05) is 0 Å². The van der Waals surface area contributed by atoms with E-state index < -0.39 is 44.7 Å². The Labute approximate surface area is 143 Å². The first kappa shape index (κ1) is 18.7. The number of hydrogen-bond donors (Lipinski definition) is 1. The molecule has 1 amide bonds. The minimum Gasteiger partial charge on any atom is -0.325 e. The SMILES string of the molecule is Cc1cc(C(=O)CS(=O)(=O)CC(=O)Nc2ccc(F)cc2)ccc1F. The van der Waals surface area contributed by atoms with Crippen LogP contribution in [0, 0.1) is 18.6 Å².